The van der Waals surface area contributed by atoms with Gasteiger partial charge < -0.3 is 5.73 Å². The molecule has 3 N–H and O–H groups in total. The minimum absolute atomic E-state index is 0.0439. The van der Waals surface area contributed by atoms with E-state index >= 15 is 0 Å². The maximum Gasteiger partial charge on any atom is 0.246 e. The molecule has 0 spiro atoms. The highest BCUT2D eigenvalue weighted by molar-refractivity contribution is 5.90. The molecule has 1 aromatic rings. The Morgan fingerprint density at radius 2 is 2.07 bits per heavy atom. The van der Waals surface area contributed by atoms with E-state index < -0.39 is 0 Å². The quantitative estimate of drug-likeness (QED) is 0.741. The van der Waals surface area contributed by atoms with Gasteiger partial charge in [-0.25, -0.2) is 0 Å². The van der Waals surface area contributed by atoms with Gasteiger partial charge in [-0.3, -0.25) is 14.9 Å². The van der Waals surface area contributed by atoms with Crippen molar-refractivity contribution in [2.45, 2.75) is 19.3 Å². The monoisotopic (exact) mass is 193 g/mol. The molecule has 1 aliphatic rings. The molecular weight excluding hydrogens is 178 g/mol. The van der Waals surface area contributed by atoms with Gasteiger partial charge in [0.2, 0.25) is 5.91 Å². The van der Waals surface area contributed by atoms with Gasteiger partial charge in [-0.1, -0.05) is 6.42 Å². The van der Waals surface area contributed by atoms with E-state index in [0.29, 0.717) is 6.54 Å². The molecule has 2 rings (SSSR count). The van der Waals surface area contributed by atoms with Crippen LogP contribution in [0.3, 0.4) is 0 Å². The number of hydrogen-bond acceptors (Lipinski definition) is 2. The van der Waals surface area contributed by atoms with Crippen LogP contribution in [0.4, 0.5) is 0 Å². The highest BCUT2D eigenvalue weighted by Gasteiger charge is 2.42. The lowest BCUT2D eigenvalue weighted by molar-refractivity contribution is -0.130. The molecule has 0 aliphatic heterocycles. The second-order valence-electron chi connectivity index (χ2n) is 3.87. The van der Waals surface area contributed by atoms with Crippen LogP contribution in [0.2, 0.25) is 0 Å². The van der Waals surface area contributed by atoms with Crippen LogP contribution in [0.1, 0.15) is 19.3 Å². The molecule has 1 heterocycles. The zero-order valence-corrected chi connectivity index (χ0v) is 8.07. The Morgan fingerprint density at radius 3 is 2.50 bits per heavy atom. The van der Waals surface area contributed by atoms with E-state index in [1.807, 2.05) is 12.1 Å². The number of carbonyl (C=O) groups is 1. The predicted molar refractivity (Wildman–Crippen MR) is 54.1 cm³/mol. The van der Waals surface area contributed by atoms with Crippen molar-refractivity contribution >= 4 is 5.91 Å². The minimum Gasteiger partial charge on any atom is -0.329 e. The van der Waals surface area contributed by atoms with Crippen molar-refractivity contribution in [3.8, 4) is 0 Å². The van der Waals surface area contributed by atoms with Crippen molar-refractivity contribution in [2.24, 2.45) is 11.1 Å². The number of aromatic nitrogens is 1. The molecule has 0 atom stereocenters. The van der Waals surface area contributed by atoms with Gasteiger partial charge in [0.1, 0.15) is 0 Å². The smallest absolute Gasteiger partial charge is 0.246 e. The fraction of sp³-hybridized carbons (Fsp3) is 0.500. The topological polar surface area (TPSA) is 60.1 Å². The molecule has 14 heavy (non-hydrogen) atoms. The van der Waals surface area contributed by atoms with Gasteiger partial charge in [0.05, 0.1) is 5.41 Å². The molecule has 4 nitrogen and oxygen atoms in total. The van der Waals surface area contributed by atoms with Crippen molar-refractivity contribution in [3.05, 3.63) is 24.5 Å². The standard InChI is InChI=1S/C10H15N3O/c11-8-10(4-3-5-10)9(14)12-13-6-1-2-7-13/h1-2,6-7H,3-5,8,11H2,(H,12,14). The molecule has 0 bridgehead atoms. The number of nitrogens with one attached hydrogen (secondary N) is 1. The number of rotatable bonds is 3. The van der Waals surface area contributed by atoms with E-state index in [-0.39, 0.29) is 11.3 Å². The summed E-state index contributed by atoms with van der Waals surface area (Å²) in [6.07, 6.45) is 6.55. The SMILES string of the molecule is NCC1(C(=O)Nn2cccc2)CCC1. The molecule has 76 valence electrons. The third kappa shape index (κ3) is 1.42. The van der Waals surface area contributed by atoms with Crippen molar-refractivity contribution in [3.63, 3.8) is 0 Å². The average Bonchev–Trinajstić information content (AvgIpc) is 2.55. The summed E-state index contributed by atoms with van der Waals surface area (Å²) in [6.45, 7) is 0.445. The molecule has 0 saturated heterocycles. The number of amides is 1. The second kappa shape index (κ2) is 3.46. The lowest BCUT2D eigenvalue weighted by Gasteiger charge is -2.38. The average molecular weight is 193 g/mol. The van der Waals surface area contributed by atoms with E-state index in [4.69, 9.17) is 5.73 Å². The van der Waals surface area contributed by atoms with E-state index in [1.54, 1.807) is 17.1 Å². The van der Waals surface area contributed by atoms with Crippen LogP contribution >= 0.6 is 0 Å². The summed E-state index contributed by atoms with van der Waals surface area (Å²) >= 11 is 0. The number of nitrogens with zero attached hydrogens (tertiary/aromatic N) is 1. The lowest BCUT2D eigenvalue weighted by Crippen LogP contribution is -2.49. The third-order valence-corrected chi connectivity index (χ3v) is 3.02. The molecule has 1 fully saturated rings. The van der Waals surface area contributed by atoms with E-state index in [2.05, 4.69) is 5.43 Å². The summed E-state index contributed by atoms with van der Waals surface area (Å²) in [6, 6.07) is 3.74. The number of nitrogens with two attached hydrogens (primary N) is 1. The molecule has 1 aromatic heterocycles. The van der Waals surface area contributed by atoms with Crippen LogP contribution in [0, 0.1) is 5.41 Å². The van der Waals surface area contributed by atoms with Crippen molar-refractivity contribution < 1.29 is 4.79 Å². The third-order valence-electron chi connectivity index (χ3n) is 3.02. The van der Waals surface area contributed by atoms with Crippen molar-refractivity contribution in [1.29, 1.82) is 0 Å². The molecule has 4 heteroatoms. The van der Waals surface area contributed by atoms with Crippen LogP contribution in [-0.4, -0.2) is 17.1 Å². The Morgan fingerprint density at radius 1 is 1.43 bits per heavy atom. The van der Waals surface area contributed by atoms with Crippen LogP contribution in [0.25, 0.3) is 0 Å². The van der Waals surface area contributed by atoms with E-state index in [9.17, 15) is 4.79 Å². The first kappa shape index (κ1) is 9.27. The Hall–Kier alpha value is -1.29. The largest absolute Gasteiger partial charge is 0.329 e. The van der Waals surface area contributed by atoms with E-state index in [0.717, 1.165) is 19.3 Å². The Labute approximate surface area is 83.1 Å². The van der Waals surface area contributed by atoms with Gasteiger partial charge in [-0.2, -0.15) is 0 Å². The molecule has 1 amide bonds. The highest BCUT2D eigenvalue weighted by atomic mass is 16.2. The highest BCUT2D eigenvalue weighted by Crippen LogP contribution is 2.40. The predicted octanol–water partition coefficient (Wildman–Crippen LogP) is 0.687. The first-order valence-electron chi connectivity index (χ1n) is 4.91. The Bertz CT molecular complexity index is 309. The second-order valence-corrected chi connectivity index (χ2v) is 3.87. The number of carbonyl (C=O) groups excluding carboxylic acids is 1. The molecule has 0 unspecified atom stereocenters. The summed E-state index contributed by atoms with van der Waals surface area (Å²) in [7, 11) is 0. The minimum atomic E-state index is -0.301. The van der Waals surface area contributed by atoms with Gasteiger partial charge in [0.15, 0.2) is 0 Å². The Kier molecular flexibility index (Phi) is 2.29. The first-order valence-corrected chi connectivity index (χ1v) is 4.91. The molecule has 1 aliphatic carbocycles. The maximum absolute atomic E-state index is 11.8. The molecule has 0 aromatic carbocycles. The summed E-state index contributed by atoms with van der Waals surface area (Å²) in [4.78, 5) is 11.8. The molecular formula is C10H15N3O. The molecule has 1 saturated carbocycles. The van der Waals surface area contributed by atoms with Gasteiger partial charge in [-0.05, 0) is 25.0 Å². The maximum atomic E-state index is 11.8. The van der Waals surface area contributed by atoms with Crippen molar-refractivity contribution in [1.82, 2.24) is 4.68 Å². The fourth-order valence-electron chi connectivity index (χ4n) is 1.77. The van der Waals surface area contributed by atoms with E-state index in [1.165, 1.54) is 0 Å². The summed E-state index contributed by atoms with van der Waals surface area (Å²) < 4.78 is 1.66. The van der Waals surface area contributed by atoms with Gasteiger partial charge in [0, 0.05) is 18.9 Å². The van der Waals surface area contributed by atoms with Crippen molar-refractivity contribution in [2.75, 3.05) is 12.0 Å². The summed E-state index contributed by atoms with van der Waals surface area (Å²) in [5, 5.41) is 0. The number of hydrogen-bond donors (Lipinski definition) is 2. The molecule has 0 radical (unpaired) electrons. The van der Waals surface area contributed by atoms with Crippen LogP contribution < -0.4 is 11.2 Å². The van der Waals surface area contributed by atoms with Gasteiger partial charge in [0.25, 0.3) is 0 Å². The summed E-state index contributed by atoms with van der Waals surface area (Å²) in [5.74, 6) is 0.0439. The van der Waals surface area contributed by atoms with Crippen LogP contribution in [0.5, 0.6) is 0 Å². The lowest BCUT2D eigenvalue weighted by atomic mass is 9.68. The van der Waals surface area contributed by atoms with Gasteiger partial charge in [-0.15, -0.1) is 0 Å². The van der Waals surface area contributed by atoms with Crippen LogP contribution in [0.15, 0.2) is 24.5 Å². The Balaban J connectivity index is 2.01. The first-order chi connectivity index (χ1) is 6.77. The summed E-state index contributed by atoms with van der Waals surface area (Å²) in [5.41, 5.74) is 8.14. The fourth-order valence-corrected chi connectivity index (χ4v) is 1.77. The van der Waals surface area contributed by atoms with Crippen LogP contribution in [-0.2, 0) is 4.79 Å². The van der Waals surface area contributed by atoms with Gasteiger partial charge >= 0.3 is 0 Å². The zero-order chi connectivity index (χ0) is 10.0. The normalized spacial score (nSPS) is 18.6. The zero-order valence-electron chi connectivity index (χ0n) is 8.07.